The summed E-state index contributed by atoms with van der Waals surface area (Å²) >= 11 is 0. The number of aromatic amines is 1. The minimum Gasteiger partial charge on any atom is -0.504 e. The van der Waals surface area contributed by atoms with Crippen LogP contribution in [0.1, 0.15) is 10.5 Å². The van der Waals surface area contributed by atoms with Gasteiger partial charge in [0.15, 0.2) is 23.0 Å². The summed E-state index contributed by atoms with van der Waals surface area (Å²) in [5.74, 6) is -6.28. The largest absolute Gasteiger partial charge is 0.504 e. The zero-order chi connectivity index (χ0) is 13.4. The van der Waals surface area contributed by atoms with E-state index in [1.54, 1.807) is 0 Å². The van der Waals surface area contributed by atoms with Crippen LogP contribution in [0.4, 0.5) is 8.78 Å². The van der Waals surface area contributed by atoms with Gasteiger partial charge in [0.1, 0.15) is 5.69 Å². The molecule has 18 heavy (non-hydrogen) atoms. The number of halogens is 2. The summed E-state index contributed by atoms with van der Waals surface area (Å²) in [5, 5.41) is 27.3. The van der Waals surface area contributed by atoms with Crippen LogP contribution < -0.4 is 5.73 Å². The van der Waals surface area contributed by atoms with E-state index in [4.69, 9.17) is 10.8 Å². The van der Waals surface area contributed by atoms with Gasteiger partial charge in [0, 0.05) is 0 Å². The molecule has 0 spiro atoms. The highest BCUT2D eigenvalue weighted by molar-refractivity contribution is 5.97. The summed E-state index contributed by atoms with van der Waals surface area (Å²) in [7, 11) is 0. The lowest BCUT2D eigenvalue weighted by molar-refractivity contribution is 0.0996. The number of H-pyrrole nitrogens is 1. The van der Waals surface area contributed by atoms with E-state index in [0.29, 0.717) is 6.07 Å². The van der Waals surface area contributed by atoms with Crippen molar-refractivity contribution in [3.63, 3.8) is 0 Å². The van der Waals surface area contributed by atoms with Crippen LogP contribution >= 0.6 is 0 Å². The smallest absolute Gasteiger partial charge is 0.271 e. The van der Waals surface area contributed by atoms with Gasteiger partial charge < -0.3 is 15.9 Å². The lowest BCUT2D eigenvalue weighted by atomic mass is 10.1. The molecule has 2 rings (SSSR count). The fourth-order valence-electron chi connectivity index (χ4n) is 1.37. The van der Waals surface area contributed by atoms with Gasteiger partial charge in [-0.25, -0.2) is 4.39 Å². The van der Waals surface area contributed by atoms with Crippen molar-refractivity contribution in [2.24, 2.45) is 5.73 Å². The second-order valence-electron chi connectivity index (χ2n) is 3.30. The summed E-state index contributed by atoms with van der Waals surface area (Å²) in [6.07, 6.45) is 0. The van der Waals surface area contributed by atoms with Gasteiger partial charge in [-0.3, -0.25) is 4.79 Å². The molecule has 0 saturated heterocycles. The predicted molar refractivity (Wildman–Crippen MR) is 53.6 cm³/mol. The van der Waals surface area contributed by atoms with Gasteiger partial charge in [-0.1, -0.05) is 0 Å². The van der Waals surface area contributed by atoms with Crippen molar-refractivity contribution in [3.05, 3.63) is 23.4 Å². The molecule has 7 nitrogen and oxygen atoms in total. The Morgan fingerprint density at radius 2 is 1.94 bits per heavy atom. The molecule has 0 atom stereocenters. The number of rotatable bonds is 2. The van der Waals surface area contributed by atoms with Crippen molar-refractivity contribution in [2.45, 2.75) is 0 Å². The second-order valence-corrected chi connectivity index (χ2v) is 3.30. The molecule has 1 heterocycles. The van der Waals surface area contributed by atoms with E-state index in [2.05, 4.69) is 10.2 Å². The number of primary amides is 1. The van der Waals surface area contributed by atoms with E-state index in [9.17, 15) is 18.7 Å². The molecule has 1 aromatic heterocycles. The fourth-order valence-corrected chi connectivity index (χ4v) is 1.37. The standard InChI is InChI=1S/C9H6F2N4O3/c10-3-1-2(7(16)4(11)8(3)17)5-6(9(12)18)14-15-13-5/h1,16-17H,(H2,12,18)(H,13,14,15). The van der Waals surface area contributed by atoms with Crippen molar-refractivity contribution in [1.29, 1.82) is 0 Å². The van der Waals surface area contributed by atoms with E-state index >= 15 is 0 Å². The number of nitrogens with zero attached hydrogens (tertiary/aromatic N) is 2. The van der Waals surface area contributed by atoms with Gasteiger partial charge in [-0.05, 0) is 6.07 Å². The number of aromatic nitrogens is 3. The maximum absolute atomic E-state index is 13.3. The number of nitrogens with two attached hydrogens (primary N) is 1. The number of phenols is 2. The number of aromatic hydroxyl groups is 2. The zero-order valence-electron chi connectivity index (χ0n) is 8.61. The molecule has 0 saturated carbocycles. The highest BCUT2D eigenvalue weighted by Gasteiger charge is 2.24. The van der Waals surface area contributed by atoms with E-state index < -0.39 is 40.3 Å². The van der Waals surface area contributed by atoms with Gasteiger partial charge in [0.25, 0.3) is 5.91 Å². The molecule has 0 aliphatic carbocycles. The number of carbonyl (C=O) groups is 1. The molecule has 1 amide bonds. The summed E-state index contributed by atoms with van der Waals surface area (Å²) in [5.41, 5.74) is 3.80. The lowest BCUT2D eigenvalue weighted by Crippen LogP contribution is -2.12. The molecule has 0 radical (unpaired) electrons. The quantitative estimate of drug-likeness (QED) is 0.613. The number of phenolic OH excluding ortho intramolecular Hbond substituents is 2. The number of hydrogen-bond donors (Lipinski definition) is 4. The van der Waals surface area contributed by atoms with Crippen molar-refractivity contribution >= 4 is 5.91 Å². The molecule has 0 unspecified atom stereocenters. The Morgan fingerprint density at radius 1 is 1.28 bits per heavy atom. The SMILES string of the molecule is NC(=O)c1n[nH]nc1-c1cc(F)c(O)c(F)c1O. The maximum atomic E-state index is 13.3. The predicted octanol–water partition coefficient (Wildman–Crippen LogP) is 0.260. The van der Waals surface area contributed by atoms with Gasteiger partial charge in [0.2, 0.25) is 5.82 Å². The third-order valence-electron chi connectivity index (χ3n) is 2.20. The molecule has 5 N–H and O–H groups in total. The summed E-state index contributed by atoms with van der Waals surface area (Å²) in [6, 6.07) is 0.609. The van der Waals surface area contributed by atoms with Crippen molar-refractivity contribution in [2.75, 3.05) is 0 Å². The molecule has 0 bridgehead atoms. The Balaban J connectivity index is 2.72. The normalized spacial score (nSPS) is 10.6. The summed E-state index contributed by atoms with van der Waals surface area (Å²) in [6.45, 7) is 0. The molecule has 1 aromatic carbocycles. The van der Waals surface area contributed by atoms with Crippen LogP contribution in [0, 0.1) is 11.6 Å². The highest BCUT2D eigenvalue weighted by Crippen LogP contribution is 2.37. The average Bonchev–Trinajstić information content (AvgIpc) is 2.80. The first kappa shape index (κ1) is 11.8. The Hall–Kier alpha value is -2.71. The minimum atomic E-state index is -1.57. The molecule has 0 aliphatic rings. The Labute approximate surface area is 97.9 Å². The van der Waals surface area contributed by atoms with Crippen LogP contribution in [0.2, 0.25) is 0 Å². The van der Waals surface area contributed by atoms with Crippen LogP contribution in [0.5, 0.6) is 11.5 Å². The molecular weight excluding hydrogens is 250 g/mol. The number of nitrogens with one attached hydrogen (secondary N) is 1. The average molecular weight is 256 g/mol. The molecule has 94 valence electrons. The Morgan fingerprint density at radius 3 is 2.56 bits per heavy atom. The van der Waals surface area contributed by atoms with Crippen LogP contribution in [0.25, 0.3) is 11.3 Å². The molecule has 0 fully saturated rings. The number of amides is 1. The van der Waals surface area contributed by atoms with Gasteiger partial charge in [-0.2, -0.15) is 19.8 Å². The highest BCUT2D eigenvalue weighted by atomic mass is 19.1. The van der Waals surface area contributed by atoms with Crippen LogP contribution in [-0.2, 0) is 0 Å². The topological polar surface area (TPSA) is 125 Å². The van der Waals surface area contributed by atoms with Gasteiger partial charge in [-0.15, -0.1) is 0 Å². The number of benzene rings is 1. The van der Waals surface area contributed by atoms with Crippen LogP contribution in [0.15, 0.2) is 6.07 Å². The van der Waals surface area contributed by atoms with E-state index in [-0.39, 0.29) is 5.69 Å². The van der Waals surface area contributed by atoms with Gasteiger partial charge in [0.05, 0.1) is 5.56 Å². The van der Waals surface area contributed by atoms with Crippen LogP contribution in [-0.4, -0.2) is 31.5 Å². The molecule has 9 heteroatoms. The maximum Gasteiger partial charge on any atom is 0.271 e. The minimum absolute atomic E-state index is 0.321. The molecule has 0 aliphatic heterocycles. The monoisotopic (exact) mass is 256 g/mol. The van der Waals surface area contributed by atoms with Gasteiger partial charge >= 0.3 is 0 Å². The first-order valence-electron chi connectivity index (χ1n) is 4.54. The van der Waals surface area contributed by atoms with E-state index in [1.807, 2.05) is 5.21 Å². The Bertz CT molecular complexity index is 641. The number of carbonyl (C=O) groups excluding carboxylic acids is 1. The van der Waals surface area contributed by atoms with Crippen molar-refractivity contribution in [3.8, 4) is 22.8 Å². The third-order valence-corrected chi connectivity index (χ3v) is 2.20. The summed E-state index contributed by atoms with van der Waals surface area (Å²) in [4.78, 5) is 11.0. The fraction of sp³-hybridized carbons (Fsp3) is 0. The van der Waals surface area contributed by atoms with E-state index in [1.165, 1.54) is 0 Å². The molecular formula is C9H6F2N4O3. The number of hydrogen-bond acceptors (Lipinski definition) is 5. The second kappa shape index (κ2) is 3.95. The van der Waals surface area contributed by atoms with E-state index in [0.717, 1.165) is 0 Å². The first-order chi connectivity index (χ1) is 8.43. The van der Waals surface area contributed by atoms with Crippen molar-refractivity contribution in [1.82, 2.24) is 15.4 Å². The lowest BCUT2D eigenvalue weighted by Gasteiger charge is -2.05. The summed E-state index contributed by atoms with van der Waals surface area (Å²) < 4.78 is 26.4. The zero-order valence-corrected chi connectivity index (χ0v) is 8.61. The van der Waals surface area contributed by atoms with Crippen LogP contribution in [0.3, 0.4) is 0 Å². The molecule has 2 aromatic rings. The Kier molecular flexibility index (Phi) is 2.58. The first-order valence-corrected chi connectivity index (χ1v) is 4.54. The third kappa shape index (κ3) is 1.61. The van der Waals surface area contributed by atoms with Crippen molar-refractivity contribution < 1.29 is 23.8 Å².